The Morgan fingerprint density at radius 1 is 0.970 bits per heavy atom. The van der Waals surface area contributed by atoms with Gasteiger partial charge in [-0.1, -0.05) is 42.5 Å². The molecule has 2 N–H and O–H groups in total. The lowest BCUT2D eigenvalue weighted by atomic mass is 10.1. The topological polar surface area (TPSA) is 86.5 Å². The number of morpholine rings is 1. The number of nitrogen functional groups attached to an aromatic ring is 1. The Bertz CT molecular complexity index is 1420. The monoisotopic (exact) mass is 439 g/mol. The maximum absolute atomic E-state index is 6.32. The highest BCUT2D eigenvalue weighted by molar-refractivity contribution is 5.92. The lowest BCUT2D eigenvalue weighted by molar-refractivity contribution is 0.0334. The zero-order chi connectivity index (χ0) is 22.2. The third-order valence-electron chi connectivity index (χ3n) is 6.20. The van der Waals surface area contributed by atoms with Crippen LogP contribution >= 0.6 is 0 Å². The van der Waals surface area contributed by atoms with Gasteiger partial charge in [-0.25, -0.2) is 9.50 Å². The molecule has 0 unspecified atom stereocenters. The minimum absolute atomic E-state index is 0.475. The molecule has 6 rings (SSSR count). The second-order valence-electron chi connectivity index (χ2n) is 8.43. The fraction of sp³-hybridized carbons (Fsp3) is 0.240. The van der Waals surface area contributed by atoms with E-state index in [1.165, 1.54) is 11.9 Å². The number of nitrogens with two attached hydrogens (primary N) is 1. The van der Waals surface area contributed by atoms with Crippen molar-refractivity contribution in [2.45, 2.75) is 13.1 Å². The van der Waals surface area contributed by atoms with E-state index in [4.69, 9.17) is 15.6 Å². The van der Waals surface area contributed by atoms with Crippen molar-refractivity contribution >= 4 is 22.2 Å². The maximum atomic E-state index is 6.32. The smallest absolute Gasteiger partial charge is 0.151 e. The lowest BCUT2D eigenvalue weighted by Crippen LogP contribution is -2.36. The molecule has 0 saturated carbocycles. The van der Waals surface area contributed by atoms with E-state index >= 15 is 0 Å². The number of nitrogens with zero attached hydrogens (tertiary/aromatic N) is 6. The van der Waals surface area contributed by atoms with E-state index in [9.17, 15) is 0 Å². The maximum Gasteiger partial charge on any atom is 0.151 e. The van der Waals surface area contributed by atoms with Gasteiger partial charge in [0.25, 0.3) is 0 Å². The number of hydrogen-bond donors (Lipinski definition) is 1. The van der Waals surface area contributed by atoms with E-state index in [-0.39, 0.29) is 0 Å². The van der Waals surface area contributed by atoms with Crippen LogP contribution in [0.1, 0.15) is 11.3 Å². The van der Waals surface area contributed by atoms with Crippen LogP contribution in [0.4, 0.5) is 5.82 Å². The molecule has 0 bridgehead atoms. The fourth-order valence-corrected chi connectivity index (χ4v) is 4.54. The van der Waals surface area contributed by atoms with E-state index < -0.39 is 0 Å². The summed E-state index contributed by atoms with van der Waals surface area (Å²) in [5.74, 6) is 0.475. The molecule has 33 heavy (non-hydrogen) atoms. The van der Waals surface area contributed by atoms with Crippen LogP contribution in [-0.2, 0) is 17.8 Å². The third-order valence-corrected chi connectivity index (χ3v) is 6.20. The molecule has 166 valence electrons. The molecule has 8 heteroatoms. The van der Waals surface area contributed by atoms with E-state index in [0.29, 0.717) is 5.82 Å². The van der Waals surface area contributed by atoms with Gasteiger partial charge in [0.1, 0.15) is 11.8 Å². The number of rotatable bonds is 5. The van der Waals surface area contributed by atoms with E-state index in [1.807, 2.05) is 15.3 Å². The largest absolute Gasteiger partial charge is 0.382 e. The van der Waals surface area contributed by atoms with Crippen molar-refractivity contribution in [1.29, 1.82) is 0 Å². The zero-order valence-electron chi connectivity index (χ0n) is 18.3. The van der Waals surface area contributed by atoms with Gasteiger partial charge >= 0.3 is 0 Å². The van der Waals surface area contributed by atoms with Crippen molar-refractivity contribution in [3.63, 3.8) is 0 Å². The van der Waals surface area contributed by atoms with Gasteiger partial charge in [0.15, 0.2) is 5.82 Å². The van der Waals surface area contributed by atoms with E-state index in [2.05, 4.69) is 69.7 Å². The molecule has 1 aliphatic rings. The average Bonchev–Trinajstić information content (AvgIpc) is 3.41. The minimum atomic E-state index is 0.475. The van der Waals surface area contributed by atoms with Gasteiger partial charge in [-0.05, 0) is 23.3 Å². The van der Waals surface area contributed by atoms with Crippen LogP contribution in [0.2, 0.25) is 0 Å². The molecule has 0 aliphatic carbocycles. The predicted octanol–water partition coefficient (Wildman–Crippen LogP) is 3.21. The van der Waals surface area contributed by atoms with E-state index in [1.54, 1.807) is 0 Å². The van der Waals surface area contributed by atoms with Gasteiger partial charge < -0.3 is 10.5 Å². The van der Waals surface area contributed by atoms with Crippen molar-refractivity contribution in [1.82, 2.24) is 29.3 Å². The van der Waals surface area contributed by atoms with Crippen LogP contribution in [-0.4, -0.2) is 55.6 Å². The van der Waals surface area contributed by atoms with Crippen LogP contribution in [0.3, 0.4) is 0 Å². The Morgan fingerprint density at radius 2 is 1.82 bits per heavy atom. The van der Waals surface area contributed by atoms with Gasteiger partial charge in [0, 0.05) is 36.8 Å². The average molecular weight is 440 g/mol. The molecule has 0 radical (unpaired) electrons. The summed E-state index contributed by atoms with van der Waals surface area (Å²) in [6.07, 6.45) is 3.61. The molecule has 2 aromatic carbocycles. The molecule has 1 fully saturated rings. The molecule has 1 aliphatic heterocycles. The zero-order valence-corrected chi connectivity index (χ0v) is 18.3. The first kappa shape index (κ1) is 19.9. The second kappa shape index (κ2) is 8.31. The number of benzene rings is 2. The quantitative estimate of drug-likeness (QED) is 0.453. The first-order chi connectivity index (χ1) is 16.2. The number of aromatic nitrogens is 5. The molecule has 0 amide bonds. The molecule has 4 heterocycles. The molecule has 3 aromatic heterocycles. The SMILES string of the molecule is Nc1ncnn2c(CN3CCOCC3)cc(-c3ccc4cn(Cc5ccccc5)nc4c3)c12. The van der Waals surface area contributed by atoms with Crippen LogP contribution in [0.15, 0.2) is 67.1 Å². The highest BCUT2D eigenvalue weighted by atomic mass is 16.5. The summed E-state index contributed by atoms with van der Waals surface area (Å²) in [6.45, 7) is 4.87. The molecule has 0 spiro atoms. The van der Waals surface area contributed by atoms with Crippen molar-refractivity contribution < 1.29 is 4.74 Å². The van der Waals surface area contributed by atoms with Crippen molar-refractivity contribution in [3.8, 4) is 11.1 Å². The summed E-state index contributed by atoms with van der Waals surface area (Å²) in [4.78, 5) is 6.64. The summed E-state index contributed by atoms with van der Waals surface area (Å²) < 4.78 is 9.41. The number of fused-ring (bicyclic) bond motifs is 2. The minimum Gasteiger partial charge on any atom is -0.382 e. The Balaban J connectivity index is 1.38. The third kappa shape index (κ3) is 3.83. The van der Waals surface area contributed by atoms with Crippen molar-refractivity contribution in [2.75, 3.05) is 32.0 Å². The molecular weight excluding hydrogens is 414 g/mol. The normalized spacial score (nSPS) is 14.9. The second-order valence-corrected chi connectivity index (χ2v) is 8.43. The van der Waals surface area contributed by atoms with Gasteiger partial charge in [0.2, 0.25) is 0 Å². The highest BCUT2D eigenvalue weighted by Gasteiger charge is 2.19. The Kier molecular flexibility index (Phi) is 5.01. The van der Waals surface area contributed by atoms with Gasteiger partial charge in [-0.2, -0.15) is 10.2 Å². The van der Waals surface area contributed by atoms with Gasteiger partial charge in [-0.3, -0.25) is 9.58 Å². The standard InChI is InChI=1S/C25H25N7O/c26-25-24-22(13-21(32(24)28-17-27-25)16-30-8-10-33-11-9-30)19-6-7-20-15-31(29-23(20)12-19)14-18-4-2-1-3-5-18/h1-7,12-13,15,17H,8-11,14,16H2,(H2,26,27,28). The number of anilines is 1. The fourth-order valence-electron chi connectivity index (χ4n) is 4.54. The summed E-state index contributed by atoms with van der Waals surface area (Å²) in [5, 5.41) is 10.4. The van der Waals surface area contributed by atoms with Crippen LogP contribution < -0.4 is 5.73 Å². The van der Waals surface area contributed by atoms with E-state index in [0.717, 1.165) is 72.6 Å². The van der Waals surface area contributed by atoms with Gasteiger partial charge in [0.05, 0.1) is 31.0 Å². The summed E-state index contributed by atoms with van der Waals surface area (Å²) in [5.41, 5.74) is 12.5. The number of hydrogen-bond acceptors (Lipinski definition) is 6. The summed E-state index contributed by atoms with van der Waals surface area (Å²) in [7, 11) is 0. The summed E-state index contributed by atoms with van der Waals surface area (Å²) >= 11 is 0. The Morgan fingerprint density at radius 3 is 2.67 bits per heavy atom. The first-order valence-corrected chi connectivity index (χ1v) is 11.2. The van der Waals surface area contributed by atoms with Crippen molar-refractivity contribution in [2.24, 2.45) is 0 Å². The lowest BCUT2D eigenvalue weighted by Gasteiger charge is -2.26. The van der Waals surface area contributed by atoms with Gasteiger partial charge in [-0.15, -0.1) is 0 Å². The Labute approximate surface area is 191 Å². The molecule has 0 atom stereocenters. The predicted molar refractivity (Wildman–Crippen MR) is 128 cm³/mol. The number of ether oxygens (including phenoxy) is 1. The van der Waals surface area contributed by atoms with Crippen LogP contribution in [0, 0.1) is 0 Å². The molecule has 1 saturated heterocycles. The highest BCUT2D eigenvalue weighted by Crippen LogP contribution is 2.32. The molecular formula is C25H25N7O. The molecule has 8 nitrogen and oxygen atoms in total. The van der Waals surface area contributed by atoms with Crippen molar-refractivity contribution in [3.05, 3.63) is 78.4 Å². The van der Waals surface area contributed by atoms with Crippen LogP contribution in [0.25, 0.3) is 27.5 Å². The Hall–Kier alpha value is -3.75. The van der Waals surface area contributed by atoms with Crippen LogP contribution in [0.5, 0.6) is 0 Å². The first-order valence-electron chi connectivity index (χ1n) is 11.2. The summed E-state index contributed by atoms with van der Waals surface area (Å²) in [6, 6.07) is 18.9. The molecule has 5 aromatic rings.